The molecule has 0 aromatic rings. The van der Waals surface area contributed by atoms with Gasteiger partial charge in [0.15, 0.2) is 0 Å². The molecule has 0 aliphatic heterocycles. The van der Waals surface area contributed by atoms with Gasteiger partial charge in [-0.05, 0) is 18.8 Å². The SMILES string of the molecule is CCCCCCCCCCCCCCCCCCCCCC(CCCCCCC)COS(=O)(=O)[O-].[Na+]. The smallest absolute Gasteiger partial charge is 0.726 e. The van der Waals surface area contributed by atoms with Crippen molar-refractivity contribution < 1.29 is 46.7 Å². The molecule has 36 heavy (non-hydrogen) atoms. The quantitative estimate of drug-likeness (QED) is 0.0433. The van der Waals surface area contributed by atoms with Gasteiger partial charge < -0.3 is 4.55 Å². The van der Waals surface area contributed by atoms with Gasteiger partial charge in [-0.3, -0.25) is 4.18 Å². The van der Waals surface area contributed by atoms with Crippen molar-refractivity contribution in [1.82, 2.24) is 0 Å². The molecule has 0 saturated heterocycles. The van der Waals surface area contributed by atoms with Crippen molar-refractivity contribution in [2.24, 2.45) is 5.92 Å². The van der Waals surface area contributed by atoms with Crippen LogP contribution in [0.1, 0.15) is 181 Å². The zero-order valence-electron chi connectivity index (χ0n) is 24.7. The van der Waals surface area contributed by atoms with Crippen LogP contribution in [0.3, 0.4) is 0 Å². The molecule has 0 radical (unpaired) electrons. The average Bonchev–Trinajstić information content (AvgIpc) is 2.82. The Morgan fingerprint density at radius 1 is 0.500 bits per heavy atom. The maximum Gasteiger partial charge on any atom is 1.00 e. The molecule has 0 spiro atoms. The van der Waals surface area contributed by atoms with Crippen LogP contribution in [0.2, 0.25) is 0 Å². The Hall–Kier alpha value is 0.870. The molecule has 0 aliphatic rings. The topological polar surface area (TPSA) is 66.4 Å². The summed E-state index contributed by atoms with van der Waals surface area (Å²) in [6.07, 6.45) is 34.0. The summed E-state index contributed by atoms with van der Waals surface area (Å²) in [4.78, 5) is 0. The van der Waals surface area contributed by atoms with Gasteiger partial charge in [-0.15, -0.1) is 0 Å². The summed E-state index contributed by atoms with van der Waals surface area (Å²) in [5.41, 5.74) is 0. The molecule has 0 aromatic carbocycles. The van der Waals surface area contributed by atoms with E-state index in [1.54, 1.807) is 0 Å². The number of rotatable bonds is 29. The first kappa shape index (κ1) is 39.0. The standard InChI is InChI=1S/C30H62O4S.Na/c1-3-5-7-9-10-11-12-13-14-15-16-17-18-19-20-21-22-24-26-28-30(29-34-35(31,32)33)27-25-23-8-6-4-2;/h30H,3-29H2,1-2H3,(H,31,32,33);/q;+1/p-1. The van der Waals surface area contributed by atoms with Crippen LogP contribution in [-0.2, 0) is 14.6 Å². The van der Waals surface area contributed by atoms with E-state index in [9.17, 15) is 13.0 Å². The summed E-state index contributed by atoms with van der Waals surface area (Å²) < 4.78 is 37.0. The molecular weight excluding hydrogens is 479 g/mol. The van der Waals surface area contributed by atoms with Crippen molar-refractivity contribution in [1.29, 1.82) is 0 Å². The van der Waals surface area contributed by atoms with E-state index in [-0.39, 0.29) is 42.1 Å². The Morgan fingerprint density at radius 3 is 1.00 bits per heavy atom. The van der Waals surface area contributed by atoms with Gasteiger partial charge in [0.05, 0.1) is 6.61 Å². The molecule has 212 valence electrons. The molecule has 0 aliphatic carbocycles. The van der Waals surface area contributed by atoms with Crippen molar-refractivity contribution in [2.75, 3.05) is 6.61 Å². The number of unbranched alkanes of at least 4 members (excludes halogenated alkanes) is 22. The molecule has 6 heteroatoms. The van der Waals surface area contributed by atoms with Gasteiger partial charge in [0.25, 0.3) is 0 Å². The van der Waals surface area contributed by atoms with Crippen LogP contribution in [0.5, 0.6) is 0 Å². The fourth-order valence-corrected chi connectivity index (χ4v) is 5.40. The van der Waals surface area contributed by atoms with E-state index in [1.807, 2.05) is 0 Å². The first-order valence-corrected chi connectivity index (χ1v) is 16.9. The van der Waals surface area contributed by atoms with Crippen LogP contribution < -0.4 is 29.6 Å². The molecule has 0 aromatic heterocycles. The second kappa shape index (κ2) is 30.4. The summed E-state index contributed by atoms with van der Waals surface area (Å²) in [6, 6.07) is 0. The normalized spacial score (nSPS) is 12.5. The zero-order valence-corrected chi connectivity index (χ0v) is 27.5. The Balaban J connectivity index is 0. The third-order valence-corrected chi connectivity index (χ3v) is 7.80. The molecule has 0 heterocycles. The maximum absolute atomic E-state index is 10.8. The summed E-state index contributed by atoms with van der Waals surface area (Å²) in [6.45, 7) is 4.55. The molecule has 0 bridgehead atoms. The van der Waals surface area contributed by atoms with Gasteiger partial charge in [0, 0.05) is 0 Å². The van der Waals surface area contributed by atoms with Crippen LogP contribution >= 0.6 is 0 Å². The van der Waals surface area contributed by atoms with Crippen molar-refractivity contribution in [2.45, 2.75) is 181 Å². The minimum Gasteiger partial charge on any atom is -0.726 e. The molecule has 0 fully saturated rings. The van der Waals surface area contributed by atoms with Gasteiger partial charge in [-0.1, -0.05) is 168 Å². The van der Waals surface area contributed by atoms with Gasteiger partial charge in [-0.2, -0.15) is 0 Å². The molecule has 1 atom stereocenters. The summed E-state index contributed by atoms with van der Waals surface area (Å²) in [5.74, 6) is 0.200. The molecule has 0 rings (SSSR count). The van der Waals surface area contributed by atoms with Gasteiger partial charge in [0.1, 0.15) is 0 Å². The fourth-order valence-electron chi connectivity index (χ4n) is 5.04. The van der Waals surface area contributed by atoms with Crippen molar-refractivity contribution in [3.63, 3.8) is 0 Å². The van der Waals surface area contributed by atoms with E-state index in [4.69, 9.17) is 0 Å². The van der Waals surface area contributed by atoms with Crippen LogP contribution in [0.15, 0.2) is 0 Å². The Labute approximate surface area is 249 Å². The van der Waals surface area contributed by atoms with Crippen LogP contribution in [-0.4, -0.2) is 19.6 Å². The van der Waals surface area contributed by atoms with Gasteiger partial charge in [0.2, 0.25) is 10.4 Å². The van der Waals surface area contributed by atoms with E-state index in [2.05, 4.69) is 18.0 Å². The molecule has 0 amide bonds. The van der Waals surface area contributed by atoms with E-state index < -0.39 is 10.4 Å². The predicted octanol–water partition coefficient (Wildman–Crippen LogP) is 7.27. The van der Waals surface area contributed by atoms with E-state index in [1.165, 1.54) is 141 Å². The van der Waals surface area contributed by atoms with Gasteiger partial charge in [-0.25, -0.2) is 8.42 Å². The van der Waals surface area contributed by atoms with Crippen LogP contribution in [0.25, 0.3) is 0 Å². The number of hydrogen-bond donors (Lipinski definition) is 0. The van der Waals surface area contributed by atoms with Crippen molar-refractivity contribution in [3.8, 4) is 0 Å². The van der Waals surface area contributed by atoms with Crippen molar-refractivity contribution in [3.05, 3.63) is 0 Å². The number of hydrogen-bond acceptors (Lipinski definition) is 4. The summed E-state index contributed by atoms with van der Waals surface area (Å²) >= 11 is 0. The second-order valence-electron chi connectivity index (χ2n) is 10.9. The fraction of sp³-hybridized carbons (Fsp3) is 1.00. The average molecular weight is 541 g/mol. The largest absolute Gasteiger partial charge is 1.00 e. The first-order chi connectivity index (χ1) is 17.0. The Kier molecular flexibility index (Phi) is 33.0. The minimum atomic E-state index is -4.57. The van der Waals surface area contributed by atoms with Crippen LogP contribution in [0, 0.1) is 5.92 Å². The monoisotopic (exact) mass is 540 g/mol. The third kappa shape index (κ3) is 32.9. The first-order valence-electron chi connectivity index (χ1n) is 15.6. The molecule has 4 nitrogen and oxygen atoms in total. The second-order valence-corrected chi connectivity index (χ2v) is 12.0. The predicted molar refractivity (Wildman–Crippen MR) is 151 cm³/mol. The summed E-state index contributed by atoms with van der Waals surface area (Å²) in [7, 11) is -4.57. The zero-order chi connectivity index (χ0) is 25.9. The molecule has 0 N–H and O–H groups in total. The van der Waals surface area contributed by atoms with Gasteiger partial charge >= 0.3 is 29.6 Å². The van der Waals surface area contributed by atoms with E-state index >= 15 is 0 Å². The maximum atomic E-state index is 10.8. The third-order valence-electron chi connectivity index (χ3n) is 7.38. The molecule has 1 unspecified atom stereocenters. The Bertz CT molecular complexity index is 513. The Morgan fingerprint density at radius 2 is 0.750 bits per heavy atom. The van der Waals surface area contributed by atoms with Crippen molar-refractivity contribution >= 4 is 10.4 Å². The summed E-state index contributed by atoms with van der Waals surface area (Å²) in [5, 5.41) is 0. The van der Waals surface area contributed by atoms with E-state index in [0.717, 1.165) is 25.7 Å². The van der Waals surface area contributed by atoms with Crippen LogP contribution in [0.4, 0.5) is 0 Å². The van der Waals surface area contributed by atoms with E-state index in [0.29, 0.717) is 0 Å². The minimum absolute atomic E-state index is 0. The molecular formula is C30H61NaO4S. The molecule has 0 saturated carbocycles.